The first-order valence-corrected chi connectivity index (χ1v) is 5.06. The number of carboxylic acids is 1. The standard InChI is InChI=1S/C6H12O5S/c1-2-3-5(4-6(7)8)12(9,10)11/h5H,2-4H2,1H3,(H,7,8)(H,9,10,11). The summed E-state index contributed by atoms with van der Waals surface area (Å²) in [7, 11) is -4.20. The fraction of sp³-hybridized carbons (Fsp3) is 0.833. The highest BCUT2D eigenvalue weighted by molar-refractivity contribution is 7.86. The lowest BCUT2D eigenvalue weighted by Crippen LogP contribution is -2.23. The van der Waals surface area contributed by atoms with Crippen LogP contribution in [0.2, 0.25) is 0 Å². The second-order valence-electron chi connectivity index (χ2n) is 2.52. The van der Waals surface area contributed by atoms with Gasteiger partial charge in [-0.1, -0.05) is 13.3 Å². The molecular formula is C6H12O5S. The van der Waals surface area contributed by atoms with Crippen LogP contribution in [0.4, 0.5) is 0 Å². The first kappa shape index (κ1) is 11.4. The van der Waals surface area contributed by atoms with Crippen LogP contribution in [-0.4, -0.2) is 29.3 Å². The molecule has 0 heterocycles. The first-order chi connectivity index (χ1) is 5.38. The number of hydrogen-bond acceptors (Lipinski definition) is 3. The molecule has 0 aliphatic heterocycles. The fourth-order valence-corrected chi connectivity index (χ4v) is 1.76. The molecule has 0 bridgehead atoms. The van der Waals surface area contributed by atoms with Gasteiger partial charge < -0.3 is 5.11 Å². The maximum absolute atomic E-state index is 10.5. The van der Waals surface area contributed by atoms with Crippen molar-refractivity contribution in [1.29, 1.82) is 0 Å². The molecule has 1 atom stereocenters. The van der Waals surface area contributed by atoms with Crippen LogP contribution < -0.4 is 0 Å². The SMILES string of the molecule is CCCC(CC(=O)O)S(=O)(=O)O. The lowest BCUT2D eigenvalue weighted by atomic mass is 10.2. The van der Waals surface area contributed by atoms with Gasteiger partial charge in [0.2, 0.25) is 0 Å². The molecule has 0 aliphatic carbocycles. The summed E-state index contributed by atoms with van der Waals surface area (Å²) in [6.07, 6.45) is 0.162. The average Bonchev–Trinajstić information content (AvgIpc) is 1.83. The monoisotopic (exact) mass is 196 g/mol. The number of hydrogen-bond donors (Lipinski definition) is 2. The van der Waals surface area contributed by atoms with Gasteiger partial charge in [-0.05, 0) is 6.42 Å². The molecule has 2 N–H and O–H groups in total. The first-order valence-electron chi connectivity index (χ1n) is 3.56. The predicted molar refractivity (Wildman–Crippen MR) is 42.5 cm³/mol. The quantitative estimate of drug-likeness (QED) is 0.625. The Morgan fingerprint density at radius 2 is 2.00 bits per heavy atom. The summed E-state index contributed by atoms with van der Waals surface area (Å²) in [6.45, 7) is 1.72. The van der Waals surface area contributed by atoms with E-state index in [-0.39, 0.29) is 6.42 Å². The Morgan fingerprint density at radius 1 is 1.50 bits per heavy atom. The Morgan fingerprint density at radius 3 is 2.25 bits per heavy atom. The summed E-state index contributed by atoms with van der Waals surface area (Å²) in [6, 6.07) is 0. The van der Waals surface area contributed by atoms with Gasteiger partial charge in [0.15, 0.2) is 0 Å². The average molecular weight is 196 g/mol. The van der Waals surface area contributed by atoms with E-state index in [2.05, 4.69) is 0 Å². The summed E-state index contributed by atoms with van der Waals surface area (Å²) in [5.74, 6) is -1.22. The highest BCUT2D eigenvalue weighted by Crippen LogP contribution is 2.10. The Hall–Kier alpha value is -0.620. The molecule has 0 amide bonds. The lowest BCUT2D eigenvalue weighted by molar-refractivity contribution is -0.137. The van der Waals surface area contributed by atoms with Gasteiger partial charge in [-0.2, -0.15) is 8.42 Å². The van der Waals surface area contributed by atoms with Crippen molar-refractivity contribution in [3.8, 4) is 0 Å². The van der Waals surface area contributed by atoms with Gasteiger partial charge in [0.05, 0.1) is 11.7 Å². The van der Waals surface area contributed by atoms with Gasteiger partial charge in [0.1, 0.15) is 0 Å². The van der Waals surface area contributed by atoms with Crippen LogP contribution in [0.3, 0.4) is 0 Å². The molecule has 0 spiro atoms. The van der Waals surface area contributed by atoms with Crippen LogP contribution in [-0.2, 0) is 14.9 Å². The van der Waals surface area contributed by atoms with E-state index in [0.29, 0.717) is 6.42 Å². The normalized spacial score (nSPS) is 14.2. The minimum atomic E-state index is -4.20. The topological polar surface area (TPSA) is 91.7 Å². The lowest BCUT2D eigenvalue weighted by Gasteiger charge is -2.08. The fourth-order valence-electron chi connectivity index (χ4n) is 0.873. The van der Waals surface area contributed by atoms with Crippen molar-refractivity contribution in [1.82, 2.24) is 0 Å². The molecule has 6 heteroatoms. The van der Waals surface area contributed by atoms with E-state index < -0.39 is 27.8 Å². The van der Waals surface area contributed by atoms with E-state index in [0.717, 1.165) is 0 Å². The van der Waals surface area contributed by atoms with Gasteiger partial charge in [0.25, 0.3) is 10.1 Å². The molecular weight excluding hydrogens is 184 g/mol. The minimum absolute atomic E-state index is 0.172. The smallest absolute Gasteiger partial charge is 0.304 e. The van der Waals surface area contributed by atoms with E-state index in [9.17, 15) is 13.2 Å². The third kappa shape index (κ3) is 4.30. The zero-order valence-electron chi connectivity index (χ0n) is 6.73. The molecule has 0 saturated heterocycles. The Balaban J connectivity index is 4.34. The van der Waals surface area contributed by atoms with Crippen molar-refractivity contribution in [3.63, 3.8) is 0 Å². The van der Waals surface area contributed by atoms with Gasteiger partial charge in [-0.3, -0.25) is 9.35 Å². The summed E-state index contributed by atoms with van der Waals surface area (Å²) < 4.78 is 29.7. The van der Waals surface area contributed by atoms with Crippen molar-refractivity contribution < 1.29 is 22.9 Å². The van der Waals surface area contributed by atoms with E-state index in [1.807, 2.05) is 0 Å². The molecule has 0 saturated carbocycles. The van der Waals surface area contributed by atoms with Crippen LogP contribution in [0, 0.1) is 0 Å². The zero-order chi connectivity index (χ0) is 9.78. The molecule has 72 valence electrons. The molecule has 12 heavy (non-hydrogen) atoms. The van der Waals surface area contributed by atoms with E-state index in [1.54, 1.807) is 6.92 Å². The highest BCUT2D eigenvalue weighted by atomic mass is 32.2. The Bertz CT molecular complexity index is 243. The molecule has 0 aromatic heterocycles. The van der Waals surface area contributed by atoms with E-state index >= 15 is 0 Å². The summed E-state index contributed by atoms with van der Waals surface area (Å²) in [5, 5.41) is 7.13. The van der Waals surface area contributed by atoms with Gasteiger partial charge in [0, 0.05) is 0 Å². The summed E-state index contributed by atoms with van der Waals surface area (Å²) in [5.41, 5.74) is 0. The molecule has 0 fully saturated rings. The van der Waals surface area contributed by atoms with Crippen molar-refractivity contribution in [2.24, 2.45) is 0 Å². The molecule has 0 rings (SSSR count). The highest BCUT2D eigenvalue weighted by Gasteiger charge is 2.24. The second-order valence-corrected chi connectivity index (χ2v) is 4.22. The van der Waals surface area contributed by atoms with Crippen LogP contribution in [0.5, 0.6) is 0 Å². The van der Waals surface area contributed by atoms with Gasteiger partial charge in [-0.15, -0.1) is 0 Å². The third-order valence-corrected chi connectivity index (χ3v) is 2.68. The summed E-state index contributed by atoms with van der Waals surface area (Å²) in [4.78, 5) is 10.2. The minimum Gasteiger partial charge on any atom is -0.481 e. The third-order valence-electron chi connectivity index (χ3n) is 1.43. The van der Waals surface area contributed by atoms with E-state index in [1.165, 1.54) is 0 Å². The molecule has 0 aromatic carbocycles. The second kappa shape index (κ2) is 4.42. The summed E-state index contributed by atoms with van der Waals surface area (Å²) >= 11 is 0. The zero-order valence-corrected chi connectivity index (χ0v) is 7.54. The molecule has 0 aromatic rings. The van der Waals surface area contributed by atoms with Crippen molar-refractivity contribution in [2.75, 3.05) is 0 Å². The largest absolute Gasteiger partial charge is 0.481 e. The van der Waals surface area contributed by atoms with Crippen LogP contribution in [0.25, 0.3) is 0 Å². The van der Waals surface area contributed by atoms with Crippen LogP contribution in [0.15, 0.2) is 0 Å². The number of carbonyl (C=O) groups is 1. The Kier molecular flexibility index (Phi) is 4.19. The van der Waals surface area contributed by atoms with Gasteiger partial charge in [-0.25, -0.2) is 0 Å². The van der Waals surface area contributed by atoms with Crippen LogP contribution >= 0.6 is 0 Å². The number of rotatable bonds is 5. The maximum atomic E-state index is 10.5. The van der Waals surface area contributed by atoms with Gasteiger partial charge >= 0.3 is 5.97 Å². The van der Waals surface area contributed by atoms with Crippen LogP contribution in [0.1, 0.15) is 26.2 Å². The number of aliphatic carboxylic acids is 1. The Labute approximate surface area is 71.1 Å². The molecule has 0 aliphatic rings. The maximum Gasteiger partial charge on any atom is 0.304 e. The van der Waals surface area contributed by atoms with Crippen molar-refractivity contribution in [2.45, 2.75) is 31.4 Å². The number of carboxylic acid groups (broad SMARTS) is 1. The van der Waals surface area contributed by atoms with Crippen molar-refractivity contribution >= 4 is 16.1 Å². The van der Waals surface area contributed by atoms with E-state index in [4.69, 9.17) is 9.66 Å². The molecule has 0 radical (unpaired) electrons. The molecule has 5 nitrogen and oxygen atoms in total. The molecule has 1 unspecified atom stereocenters. The van der Waals surface area contributed by atoms with Crippen molar-refractivity contribution in [3.05, 3.63) is 0 Å². The predicted octanol–water partition coefficient (Wildman–Crippen LogP) is 0.518.